The van der Waals surface area contributed by atoms with Crippen molar-refractivity contribution in [1.29, 1.82) is 0 Å². The highest BCUT2D eigenvalue weighted by molar-refractivity contribution is 9.10. The van der Waals surface area contributed by atoms with Gasteiger partial charge in [-0.25, -0.2) is 9.97 Å². The van der Waals surface area contributed by atoms with Crippen molar-refractivity contribution in [2.75, 3.05) is 0 Å². The summed E-state index contributed by atoms with van der Waals surface area (Å²) in [7, 11) is 0. The van der Waals surface area contributed by atoms with E-state index >= 15 is 0 Å². The van der Waals surface area contributed by atoms with E-state index in [0.29, 0.717) is 22.1 Å². The van der Waals surface area contributed by atoms with Gasteiger partial charge in [0.15, 0.2) is 10.8 Å². The molecule has 0 aliphatic heterocycles. The lowest BCUT2D eigenvalue weighted by Gasteiger charge is -2.07. The molecule has 0 amide bonds. The molecule has 2 aromatic heterocycles. The number of hydrogen-bond donors (Lipinski definition) is 1. The molecule has 3 nitrogen and oxygen atoms in total. The van der Waals surface area contributed by atoms with E-state index in [1.807, 2.05) is 13.0 Å². The number of nitrogens with zero attached hydrogens (tertiary/aromatic N) is 2. The Labute approximate surface area is 142 Å². The SMILES string of the molecule is Cc1nc2nc(SCc3cccc(C(F)(F)F)c3)[nH]c2cc1Br. The molecule has 1 N–H and O–H groups in total. The molecule has 0 saturated heterocycles. The average molecular weight is 402 g/mol. The smallest absolute Gasteiger partial charge is 0.331 e. The first kappa shape index (κ1) is 16.3. The van der Waals surface area contributed by atoms with Gasteiger partial charge in [-0.2, -0.15) is 13.2 Å². The highest BCUT2D eigenvalue weighted by atomic mass is 79.9. The lowest BCUT2D eigenvalue weighted by Crippen LogP contribution is -2.04. The summed E-state index contributed by atoms with van der Waals surface area (Å²) in [5.41, 5.74) is 2.17. The van der Waals surface area contributed by atoms with E-state index in [1.54, 1.807) is 6.07 Å². The highest BCUT2D eigenvalue weighted by Gasteiger charge is 2.30. The van der Waals surface area contributed by atoms with Gasteiger partial charge < -0.3 is 4.98 Å². The minimum Gasteiger partial charge on any atom is -0.331 e. The molecule has 8 heteroatoms. The summed E-state index contributed by atoms with van der Waals surface area (Å²) >= 11 is 4.75. The Morgan fingerprint density at radius 1 is 1.22 bits per heavy atom. The normalized spacial score (nSPS) is 12.0. The number of aryl methyl sites for hydroxylation is 1. The van der Waals surface area contributed by atoms with Crippen molar-refractivity contribution in [2.45, 2.75) is 24.0 Å². The van der Waals surface area contributed by atoms with Crippen molar-refractivity contribution in [1.82, 2.24) is 15.0 Å². The molecule has 0 bridgehead atoms. The predicted octanol–water partition coefficient (Wildman–Crippen LogP) is 5.34. The van der Waals surface area contributed by atoms with E-state index in [0.717, 1.165) is 27.8 Å². The van der Waals surface area contributed by atoms with Gasteiger partial charge in [-0.15, -0.1) is 0 Å². The maximum atomic E-state index is 12.7. The van der Waals surface area contributed by atoms with Crippen molar-refractivity contribution >= 4 is 38.9 Å². The summed E-state index contributed by atoms with van der Waals surface area (Å²) in [6.07, 6.45) is -4.33. The summed E-state index contributed by atoms with van der Waals surface area (Å²) in [6.45, 7) is 1.87. The van der Waals surface area contributed by atoms with E-state index in [9.17, 15) is 13.2 Å². The van der Waals surface area contributed by atoms with Crippen molar-refractivity contribution in [3.8, 4) is 0 Å². The van der Waals surface area contributed by atoms with Crippen LogP contribution in [0.3, 0.4) is 0 Å². The number of aromatic nitrogens is 3. The van der Waals surface area contributed by atoms with Crippen LogP contribution in [-0.4, -0.2) is 15.0 Å². The number of thioether (sulfide) groups is 1. The Morgan fingerprint density at radius 3 is 2.74 bits per heavy atom. The number of imidazole rings is 1. The van der Waals surface area contributed by atoms with Gasteiger partial charge >= 0.3 is 6.18 Å². The van der Waals surface area contributed by atoms with Crippen molar-refractivity contribution < 1.29 is 13.2 Å². The van der Waals surface area contributed by atoms with Crippen molar-refractivity contribution in [3.05, 3.63) is 51.6 Å². The van der Waals surface area contributed by atoms with Crippen LogP contribution in [0.4, 0.5) is 13.2 Å². The summed E-state index contributed by atoms with van der Waals surface area (Å²) in [5.74, 6) is 0.393. The summed E-state index contributed by atoms with van der Waals surface area (Å²) < 4.78 is 39.0. The molecule has 0 spiro atoms. The quantitative estimate of drug-likeness (QED) is 0.602. The molecule has 1 aromatic carbocycles. The fraction of sp³-hybridized carbons (Fsp3) is 0.200. The number of H-pyrrole nitrogens is 1. The van der Waals surface area contributed by atoms with Crippen LogP contribution in [0.25, 0.3) is 11.2 Å². The van der Waals surface area contributed by atoms with Crippen molar-refractivity contribution in [2.24, 2.45) is 0 Å². The molecule has 0 atom stereocenters. The van der Waals surface area contributed by atoms with Gasteiger partial charge in [0.1, 0.15) is 0 Å². The van der Waals surface area contributed by atoms with Gasteiger partial charge in [0.25, 0.3) is 0 Å². The number of rotatable bonds is 3. The zero-order chi connectivity index (χ0) is 16.6. The Hall–Kier alpha value is -1.54. The van der Waals surface area contributed by atoms with Gasteiger partial charge in [0, 0.05) is 10.2 Å². The van der Waals surface area contributed by atoms with E-state index < -0.39 is 11.7 Å². The number of benzene rings is 1. The number of hydrogen-bond acceptors (Lipinski definition) is 3. The number of alkyl halides is 3. The van der Waals surface area contributed by atoms with Crippen LogP contribution >= 0.6 is 27.7 Å². The van der Waals surface area contributed by atoms with Crippen LogP contribution in [0.5, 0.6) is 0 Å². The molecule has 23 heavy (non-hydrogen) atoms. The summed E-state index contributed by atoms with van der Waals surface area (Å²) in [4.78, 5) is 11.8. The molecule has 2 heterocycles. The number of nitrogens with one attached hydrogen (secondary N) is 1. The molecular weight excluding hydrogens is 391 g/mol. The van der Waals surface area contributed by atoms with Crippen LogP contribution < -0.4 is 0 Å². The number of aromatic amines is 1. The van der Waals surface area contributed by atoms with Gasteiger partial charge in [-0.1, -0.05) is 30.0 Å². The minimum atomic E-state index is -4.33. The van der Waals surface area contributed by atoms with E-state index in [1.165, 1.54) is 17.8 Å². The molecule has 0 aliphatic carbocycles. The Balaban J connectivity index is 1.78. The highest BCUT2D eigenvalue weighted by Crippen LogP contribution is 2.31. The topological polar surface area (TPSA) is 41.6 Å². The predicted molar refractivity (Wildman–Crippen MR) is 87.3 cm³/mol. The third-order valence-electron chi connectivity index (χ3n) is 3.21. The molecule has 120 valence electrons. The van der Waals surface area contributed by atoms with E-state index in [2.05, 4.69) is 30.9 Å². The second-order valence-corrected chi connectivity index (χ2v) is 6.77. The summed E-state index contributed by atoms with van der Waals surface area (Å²) in [5, 5.41) is 0.627. The lowest BCUT2D eigenvalue weighted by atomic mass is 10.1. The van der Waals surface area contributed by atoms with Gasteiger partial charge in [0.2, 0.25) is 0 Å². The molecular formula is C15H11BrF3N3S. The van der Waals surface area contributed by atoms with Crippen LogP contribution in [0, 0.1) is 6.92 Å². The van der Waals surface area contributed by atoms with E-state index in [4.69, 9.17) is 0 Å². The fourth-order valence-electron chi connectivity index (χ4n) is 2.04. The zero-order valence-corrected chi connectivity index (χ0v) is 14.3. The Kier molecular flexibility index (Phi) is 4.37. The van der Waals surface area contributed by atoms with Crippen molar-refractivity contribution in [3.63, 3.8) is 0 Å². The first-order valence-corrected chi connectivity index (χ1v) is 8.42. The maximum Gasteiger partial charge on any atom is 0.416 e. The molecule has 0 saturated carbocycles. The summed E-state index contributed by atoms with van der Waals surface area (Å²) in [6, 6.07) is 7.20. The number of fused-ring (bicyclic) bond motifs is 1. The zero-order valence-electron chi connectivity index (χ0n) is 11.9. The average Bonchev–Trinajstić information content (AvgIpc) is 2.87. The molecule has 3 rings (SSSR count). The van der Waals surface area contributed by atoms with Gasteiger partial charge in [-0.05, 0) is 40.5 Å². The Morgan fingerprint density at radius 2 is 2.00 bits per heavy atom. The molecule has 3 aromatic rings. The number of pyridine rings is 1. The largest absolute Gasteiger partial charge is 0.416 e. The standard InChI is InChI=1S/C15H11BrF3N3S/c1-8-11(16)6-12-13(20-8)22-14(21-12)23-7-9-3-2-4-10(5-9)15(17,18)19/h2-6H,7H2,1H3,(H,20,21,22). The van der Waals surface area contributed by atoms with Crippen LogP contribution in [-0.2, 0) is 11.9 Å². The minimum absolute atomic E-state index is 0.393. The number of halogens is 4. The van der Waals surface area contributed by atoms with Gasteiger partial charge in [0.05, 0.1) is 16.8 Å². The molecule has 0 radical (unpaired) electrons. The maximum absolute atomic E-state index is 12.7. The van der Waals surface area contributed by atoms with E-state index in [-0.39, 0.29) is 0 Å². The lowest BCUT2D eigenvalue weighted by molar-refractivity contribution is -0.137. The second-order valence-electron chi connectivity index (χ2n) is 4.96. The van der Waals surface area contributed by atoms with Crippen LogP contribution in [0.1, 0.15) is 16.8 Å². The third kappa shape index (κ3) is 3.69. The molecule has 0 unspecified atom stereocenters. The van der Waals surface area contributed by atoms with Gasteiger partial charge in [-0.3, -0.25) is 0 Å². The second kappa shape index (κ2) is 6.16. The third-order valence-corrected chi connectivity index (χ3v) is 4.96. The first-order chi connectivity index (χ1) is 10.8. The van der Waals surface area contributed by atoms with Crippen LogP contribution in [0.2, 0.25) is 0 Å². The molecule has 0 aliphatic rings. The van der Waals surface area contributed by atoms with Crippen LogP contribution in [0.15, 0.2) is 40.0 Å². The first-order valence-electron chi connectivity index (χ1n) is 6.65. The Bertz CT molecular complexity index is 822. The monoisotopic (exact) mass is 401 g/mol. The fourth-order valence-corrected chi connectivity index (χ4v) is 3.18. The molecule has 0 fully saturated rings.